The first kappa shape index (κ1) is 23.5. The summed E-state index contributed by atoms with van der Waals surface area (Å²) < 4.78 is 80.0. The molecule has 12 heteroatoms. The molecular weight excluding hydrogens is 420 g/mol. The second kappa shape index (κ2) is 8.15. The molecule has 166 valence electrons. The second-order valence-corrected chi connectivity index (χ2v) is 7.22. The number of carbonyl (C=O) groups excluding carboxylic acids is 3. The van der Waals surface area contributed by atoms with Crippen LogP contribution in [0.2, 0.25) is 0 Å². The van der Waals surface area contributed by atoms with E-state index < -0.39 is 60.3 Å². The van der Waals surface area contributed by atoms with Crippen molar-refractivity contribution in [2.24, 2.45) is 5.92 Å². The predicted octanol–water partition coefficient (Wildman–Crippen LogP) is 3.04. The highest BCUT2D eigenvalue weighted by molar-refractivity contribution is 6.10. The van der Waals surface area contributed by atoms with Crippen LogP contribution in [-0.2, 0) is 15.1 Å². The molecule has 6 nitrogen and oxygen atoms in total. The lowest BCUT2D eigenvalue weighted by Gasteiger charge is -2.30. The second-order valence-electron chi connectivity index (χ2n) is 7.22. The van der Waals surface area contributed by atoms with E-state index in [0.29, 0.717) is 4.90 Å². The normalized spacial score (nSPS) is 20.0. The van der Waals surface area contributed by atoms with Gasteiger partial charge in [0, 0.05) is 6.54 Å². The number of benzene rings is 1. The maximum Gasteiger partial charge on any atom is 0.425 e. The molecule has 0 saturated carbocycles. The molecule has 1 saturated heterocycles. The summed E-state index contributed by atoms with van der Waals surface area (Å²) in [5.74, 6) is -3.47. The van der Waals surface area contributed by atoms with Crippen LogP contribution < -0.4 is 5.32 Å². The molecule has 4 amide bonds. The van der Waals surface area contributed by atoms with Crippen LogP contribution in [0.25, 0.3) is 0 Å². The van der Waals surface area contributed by atoms with E-state index in [9.17, 15) is 40.7 Å². The van der Waals surface area contributed by atoms with E-state index in [0.717, 1.165) is 12.1 Å². The fourth-order valence-corrected chi connectivity index (χ4v) is 3.11. The number of halogens is 6. The van der Waals surface area contributed by atoms with Crippen molar-refractivity contribution >= 4 is 17.8 Å². The lowest BCUT2D eigenvalue weighted by molar-refractivity contribution is -0.198. The Kier molecular flexibility index (Phi) is 6.38. The third-order valence-electron chi connectivity index (χ3n) is 4.34. The molecule has 0 bridgehead atoms. The van der Waals surface area contributed by atoms with Gasteiger partial charge in [0.05, 0.1) is 0 Å². The van der Waals surface area contributed by atoms with Crippen molar-refractivity contribution in [2.45, 2.75) is 31.7 Å². The molecule has 1 aliphatic rings. The van der Waals surface area contributed by atoms with Gasteiger partial charge in [-0.15, -0.1) is 0 Å². The molecule has 1 aromatic carbocycles. The molecule has 1 atom stereocenters. The van der Waals surface area contributed by atoms with Crippen LogP contribution >= 0.6 is 0 Å². The van der Waals surface area contributed by atoms with Crippen molar-refractivity contribution in [3.63, 3.8) is 0 Å². The van der Waals surface area contributed by atoms with E-state index in [-0.39, 0.29) is 11.4 Å². The number of imide groups is 1. The first-order valence-corrected chi connectivity index (χ1v) is 8.80. The molecule has 1 heterocycles. The first-order chi connectivity index (χ1) is 13.7. The van der Waals surface area contributed by atoms with Gasteiger partial charge >= 0.3 is 18.4 Å². The van der Waals surface area contributed by atoms with Crippen molar-refractivity contribution in [3.8, 4) is 0 Å². The van der Waals surface area contributed by atoms with E-state index in [1.807, 2.05) is 0 Å². The molecule has 1 N–H and O–H groups in total. The van der Waals surface area contributed by atoms with Crippen LogP contribution in [-0.4, -0.2) is 59.6 Å². The summed E-state index contributed by atoms with van der Waals surface area (Å²) >= 11 is 0. The number of hydrogen-bond donors (Lipinski definition) is 1. The number of rotatable bonds is 6. The van der Waals surface area contributed by atoms with E-state index in [1.165, 1.54) is 32.0 Å². The topological polar surface area (TPSA) is 69.7 Å². The average molecular weight is 439 g/mol. The molecule has 0 spiro atoms. The summed E-state index contributed by atoms with van der Waals surface area (Å²) in [7, 11) is 0. The number of nitrogens with zero attached hydrogens (tertiary/aromatic N) is 2. The highest BCUT2D eigenvalue weighted by atomic mass is 19.4. The number of hydrogen-bond acceptors (Lipinski definition) is 3. The smallest absolute Gasteiger partial charge is 0.332 e. The van der Waals surface area contributed by atoms with Gasteiger partial charge in [0.15, 0.2) is 0 Å². The zero-order valence-electron chi connectivity index (χ0n) is 16.0. The maximum atomic E-state index is 13.9. The quantitative estimate of drug-likeness (QED) is 0.547. The van der Waals surface area contributed by atoms with E-state index in [2.05, 4.69) is 0 Å². The van der Waals surface area contributed by atoms with Crippen LogP contribution in [0.1, 0.15) is 19.4 Å². The average Bonchev–Trinajstić information content (AvgIpc) is 2.85. The SMILES string of the molecule is CC(C)CN(CC(F)(F)F)C(=O)CN1C(=O)NC(c2ccccc2)(C(F)(F)F)C1=O. The van der Waals surface area contributed by atoms with Gasteiger partial charge < -0.3 is 10.2 Å². The third kappa shape index (κ3) is 4.68. The van der Waals surface area contributed by atoms with Crippen molar-refractivity contribution in [2.75, 3.05) is 19.6 Å². The monoisotopic (exact) mass is 439 g/mol. The zero-order chi connectivity index (χ0) is 22.9. The Morgan fingerprint density at radius 1 is 1.10 bits per heavy atom. The molecule has 0 aromatic heterocycles. The summed E-state index contributed by atoms with van der Waals surface area (Å²) in [5, 5.41) is 1.58. The Morgan fingerprint density at radius 2 is 1.67 bits per heavy atom. The number of nitrogens with one attached hydrogen (secondary N) is 1. The first-order valence-electron chi connectivity index (χ1n) is 8.80. The van der Waals surface area contributed by atoms with E-state index in [1.54, 1.807) is 5.32 Å². The lowest BCUT2D eigenvalue weighted by Crippen LogP contribution is -2.56. The van der Waals surface area contributed by atoms with Gasteiger partial charge in [-0.3, -0.25) is 14.5 Å². The Hall–Kier alpha value is -2.79. The summed E-state index contributed by atoms with van der Waals surface area (Å²) in [6, 6.07) is 4.29. The molecule has 1 aliphatic heterocycles. The van der Waals surface area contributed by atoms with Crippen LogP contribution in [0, 0.1) is 5.92 Å². The highest BCUT2D eigenvalue weighted by Gasteiger charge is 2.68. The Morgan fingerprint density at radius 3 is 2.13 bits per heavy atom. The predicted molar refractivity (Wildman–Crippen MR) is 91.9 cm³/mol. The maximum absolute atomic E-state index is 13.9. The van der Waals surface area contributed by atoms with Gasteiger partial charge in [-0.05, 0) is 11.5 Å². The molecular formula is C18H19F6N3O3. The Bertz CT molecular complexity index is 810. The van der Waals surface area contributed by atoms with Crippen LogP contribution in [0.15, 0.2) is 30.3 Å². The summed E-state index contributed by atoms with van der Waals surface area (Å²) in [4.78, 5) is 37.6. The highest BCUT2D eigenvalue weighted by Crippen LogP contribution is 2.43. The molecule has 1 fully saturated rings. The molecule has 0 radical (unpaired) electrons. The van der Waals surface area contributed by atoms with Crippen LogP contribution in [0.4, 0.5) is 31.1 Å². The largest absolute Gasteiger partial charge is 0.425 e. The van der Waals surface area contributed by atoms with Crippen molar-refractivity contribution in [1.29, 1.82) is 0 Å². The molecule has 2 rings (SSSR count). The third-order valence-corrected chi connectivity index (χ3v) is 4.34. The van der Waals surface area contributed by atoms with Crippen LogP contribution in [0.5, 0.6) is 0 Å². The van der Waals surface area contributed by atoms with Gasteiger partial charge in [0.2, 0.25) is 11.4 Å². The number of urea groups is 1. The zero-order valence-corrected chi connectivity index (χ0v) is 16.0. The molecule has 1 unspecified atom stereocenters. The number of carbonyl (C=O) groups is 3. The van der Waals surface area contributed by atoms with Crippen molar-refractivity contribution in [1.82, 2.24) is 15.1 Å². The minimum atomic E-state index is -5.26. The summed E-state index contributed by atoms with van der Waals surface area (Å²) in [6.45, 7) is -0.192. The fraction of sp³-hybridized carbons (Fsp3) is 0.500. The minimum Gasteiger partial charge on any atom is -0.332 e. The Labute approximate surface area is 167 Å². The van der Waals surface area contributed by atoms with Gasteiger partial charge in [0.1, 0.15) is 13.1 Å². The van der Waals surface area contributed by atoms with Crippen molar-refractivity contribution < 1.29 is 40.7 Å². The standard InChI is InChI=1S/C18H19F6N3O3/c1-11(2)8-26(10-16(19,20)21)13(28)9-27-14(29)17(18(22,23)24,25-15(27)30)12-6-4-3-5-7-12/h3-7,11H,8-10H2,1-2H3,(H,25,30). The van der Waals surface area contributed by atoms with Gasteiger partial charge in [-0.1, -0.05) is 44.2 Å². The van der Waals surface area contributed by atoms with Crippen LogP contribution in [0.3, 0.4) is 0 Å². The minimum absolute atomic E-state index is 0.00742. The molecule has 30 heavy (non-hydrogen) atoms. The lowest BCUT2D eigenvalue weighted by atomic mass is 9.89. The summed E-state index contributed by atoms with van der Waals surface area (Å²) in [6.07, 6.45) is -10.0. The van der Waals surface area contributed by atoms with Crippen molar-refractivity contribution in [3.05, 3.63) is 35.9 Å². The van der Waals surface area contributed by atoms with E-state index >= 15 is 0 Å². The van der Waals surface area contributed by atoms with Gasteiger partial charge in [-0.2, -0.15) is 26.3 Å². The molecule has 0 aliphatic carbocycles. The number of alkyl halides is 6. The number of amides is 4. The fourth-order valence-electron chi connectivity index (χ4n) is 3.11. The van der Waals surface area contributed by atoms with E-state index in [4.69, 9.17) is 0 Å². The van der Waals surface area contributed by atoms with Gasteiger partial charge in [0.25, 0.3) is 5.91 Å². The molecule has 1 aromatic rings. The van der Waals surface area contributed by atoms with Gasteiger partial charge in [-0.25, -0.2) is 4.79 Å². The Balaban J connectivity index is 2.35. The summed E-state index contributed by atoms with van der Waals surface area (Å²) in [5.41, 5.74) is -4.02.